The highest BCUT2D eigenvalue weighted by Gasteiger charge is 2.19. The van der Waals surface area contributed by atoms with Crippen LogP contribution in [0.3, 0.4) is 0 Å². The van der Waals surface area contributed by atoms with Crippen molar-refractivity contribution in [2.75, 3.05) is 20.2 Å². The zero-order valence-corrected chi connectivity index (χ0v) is 15.5. The summed E-state index contributed by atoms with van der Waals surface area (Å²) in [4.78, 5) is 11.6. The lowest BCUT2D eigenvalue weighted by molar-refractivity contribution is 0.271. The van der Waals surface area contributed by atoms with Gasteiger partial charge in [0.15, 0.2) is 0 Å². The maximum absolute atomic E-state index is 5.13. The van der Waals surface area contributed by atoms with Crippen LogP contribution in [0.4, 0.5) is 0 Å². The summed E-state index contributed by atoms with van der Waals surface area (Å²) < 4.78 is 5.13. The third kappa shape index (κ3) is 3.56. The van der Waals surface area contributed by atoms with Crippen molar-refractivity contribution in [3.63, 3.8) is 0 Å². The van der Waals surface area contributed by atoms with Gasteiger partial charge in [0, 0.05) is 54.1 Å². The lowest BCUT2D eigenvalue weighted by atomic mass is 10.0. The summed E-state index contributed by atoms with van der Waals surface area (Å²) in [5.41, 5.74) is 3.41. The average Bonchev–Trinajstić information content (AvgIpc) is 3.10. The Bertz CT molecular complexity index is 892. The van der Waals surface area contributed by atoms with Crippen LogP contribution in [0.1, 0.15) is 25.5 Å². The fraction of sp³-hybridized carbons (Fsp3) is 0.364. The lowest BCUT2D eigenvalue weighted by Crippen LogP contribution is -2.29. The first-order valence-corrected chi connectivity index (χ1v) is 9.36. The molecule has 1 aliphatic rings. The van der Waals surface area contributed by atoms with Gasteiger partial charge in [0.2, 0.25) is 5.88 Å². The molecule has 134 valence electrons. The molecule has 1 aromatic carbocycles. The molecule has 0 spiro atoms. The molecule has 4 nitrogen and oxygen atoms in total. The zero-order valence-electron chi connectivity index (χ0n) is 15.5. The lowest BCUT2D eigenvalue weighted by Gasteiger charge is -2.20. The fourth-order valence-electron chi connectivity index (χ4n) is 3.76. The molecule has 2 aromatic heterocycles. The first kappa shape index (κ1) is 17.0. The van der Waals surface area contributed by atoms with Crippen LogP contribution in [-0.4, -0.2) is 41.1 Å². The van der Waals surface area contributed by atoms with E-state index in [1.807, 2.05) is 24.5 Å². The first-order valence-electron chi connectivity index (χ1n) is 9.36. The number of ether oxygens (including phenoxy) is 1. The van der Waals surface area contributed by atoms with Crippen molar-refractivity contribution in [3.05, 3.63) is 54.5 Å². The van der Waals surface area contributed by atoms with E-state index in [2.05, 4.69) is 41.1 Å². The van der Waals surface area contributed by atoms with E-state index in [1.165, 1.54) is 30.5 Å². The molecule has 4 heteroatoms. The quantitative estimate of drug-likeness (QED) is 0.688. The summed E-state index contributed by atoms with van der Waals surface area (Å²) in [5, 5.41) is 2.41. The number of rotatable bonds is 5. The van der Waals surface area contributed by atoms with Gasteiger partial charge in [-0.1, -0.05) is 12.1 Å². The van der Waals surface area contributed by atoms with E-state index in [1.54, 1.807) is 7.11 Å². The largest absolute Gasteiger partial charge is 0.481 e. The van der Waals surface area contributed by atoms with Crippen LogP contribution >= 0.6 is 0 Å². The van der Waals surface area contributed by atoms with Gasteiger partial charge < -0.3 is 9.64 Å². The Morgan fingerprint density at radius 1 is 1.04 bits per heavy atom. The minimum absolute atomic E-state index is 0.633. The molecular weight excluding hydrogens is 322 g/mol. The molecule has 1 saturated heterocycles. The Kier molecular flexibility index (Phi) is 4.85. The second-order valence-electron chi connectivity index (χ2n) is 7.10. The molecule has 0 bridgehead atoms. The van der Waals surface area contributed by atoms with Crippen molar-refractivity contribution in [3.8, 4) is 17.0 Å². The van der Waals surface area contributed by atoms with Crippen molar-refractivity contribution < 1.29 is 4.74 Å². The molecule has 3 aromatic rings. The van der Waals surface area contributed by atoms with Crippen LogP contribution in [0.5, 0.6) is 5.88 Å². The topological polar surface area (TPSA) is 38.2 Å². The molecular formula is C22H25N3O. The van der Waals surface area contributed by atoms with Gasteiger partial charge in [0.05, 0.1) is 7.11 Å². The van der Waals surface area contributed by atoms with Gasteiger partial charge >= 0.3 is 0 Å². The Morgan fingerprint density at radius 3 is 2.65 bits per heavy atom. The summed E-state index contributed by atoms with van der Waals surface area (Å²) in [6.07, 6.45) is 7.52. The van der Waals surface area contributed by atoms with Gasteiger partial charge in [-0.05, 0) is 55.5 Å². The van der Waals surface area contributed by atoms with E-state index in [0.29, 0.717) is 5.88 Å². The monoisotopic (exact) mass is 347 g/mol. The van der Waals surface area contributed by atoms with Crippen LogP contribution < -0.4 is 4.74 Å². The van der Waals surface area contributed by atoms with E-state index in [-0.39, 0.29) is 0 Å². The maximum Gasteiger partial charge on any atom is 0.212 e. The summed E-state index contributed by atoms with van der Waals surface area (Å²) in [6.45, 7) is 4.67. The van der Waals surface area contributed by atoms with Gasteiger partial charge in [-0.3, -0.25) is 4.98 Å². The van der Waals surface area contributed by atoms with Gasteiger partial charge in [-0.2, -0.15) is 0 Å². The molecule has 4 rings (SSSR count). The second kappa shape index (κ2) is 7.42. The first-order chi connectivity index (χ1) is 12.7. The van der Waals surface area contributed by atoms with Crippen molar-refractivity contribution in [2.24, 2.45) is 0 Å². The molecule has 0 saturated carbocycles. The Labute approximate surface area is 154 Å². The number of fused-ring (bicyclic) bond motifs is 1. The minimum atomic E-state index is 0.633. The summed E-state index contributed by atoms with van der Waals surface area (Å²) >= 11 is 0. The van der Waals surface area contributed by atoms with E-state index in [4.69, 9.17) is 9.72 Å². The number of pyridine rings is 2. The van der Waals surface area contributed by atoms with Crippen LogP contribution in [0.2, 0.25) is 0 Å². The predicted octanol–water partition coefficient (Wildman–Crippen LogP) is 4.33. The van der Waals surface area contributed by atoms with Crippen molar-refractivity contribution in [2.45, 2.75) is 32.2 Å². The number of methoxy groups -OCH3 is 1. The normalized spacial score (nSPS) is 17.7. The SMILES string of the molecule is COc1ccc(-c2ccc3cc(CCN4CCC[C@H]4C)ncc3c2)cn1. The average molecular weight is 347 g/mol. The molecule has 1 fully saturated rings. The molecule has 0 radical (unpaired) electrons. The Balaban J connectivity index is 1.52. The smallest absolute Gasteiger partial charge is 0.212 e. The third-order valence-corrected chi connectivity index (χ3v) is 5.40. The molecule has 1 aliphatic heterocycles. The summed E-state index contributed by atoms with van der Waals surface area (Å²) in [7, 11) is 1.63. The van der Waals surface area contributed by atoms with E-state index >= 15 is 0 Å². The highest BCUT2D eigenvalue weighted by Crippen LogP contribution is 2.25. The number of nitrogens with zero attached hydrogens (tertiary/aromatic N) is 3. The number of benzene rings is 1. The molecule has 0 aliphatic carbocycles. The molecule has 0 unspecified atom stereocenters. The summed E-state index contributed by atoms with van der Waals surface area (Å²) in [5.74, 6) is 0.633. The van der Waals surface area contributed by atoms with Crippen molar-refractivity contribution in [1.82, 2.24) is 14.9 Å². The van der Waals surface area contributed by atoms with Gasteiger partial charge in [-0.25, -0.2) is 4.98 Å². The molecule has 0 N–H and O–H groups in total. The minimum Gasteiger partial charge on any atom is -0.481 e. The standard InChI is InChI=1S/C22H25N3O/c1-16-4-3-10-25(16)11-9-21-13-18-6-5-17(12-20(18)15-23-21)19-7-8-22(26-2)24-14-19/h5-8,12-16H,3-4,9-11H2,1-2H3/t16-/m1/s1. The summed E-state index contributed by atoms with van der Waals surface area (Å²) in [6, 6.07) is 13.4. The maximum atomic E-state index is 5.13. The fourth-order valence-corrected chi connectivity index (χ4v) is 3.76. The molecule has 3 heterocycles. The number of aromatic nitrogens is 2. The molecule has 0 amide bonds. The predicted molar refractivity (Wildman–Crippen MR) is 105 cm³/mol. The van der Waals surface area contributed by atoms with E-state index < -0.39 is 0 Å². The van der Waals surface area contributed by atoms with E-state index in [0.717, 1.165) is 35.5 Å². The zero-order chi connectivity index (χ0) is 17.9. The van der Waals surface area contributed by atoms with Crippen LogP contribution in [0.15, 0.2) is 48.8 Å². The highest BCUT2D eigenvalue weighted by molar-refractivity contribution is 5.86. The van der Waals surface area contributed by atoms with Crippen LogP contribution in [-0.2, 0) is 6.42 Å². The number of hydrogen-bond donors (Lipinski definition) is 0. The number of likely N-dealkylation sites (tertiary alicyclic amines) is 1. The second-order valence-corrected chi connectivity index (χ2v) is 7.10. The van der Waals surface area contributed by atoms with Crippen LogP contribution in [0.25, 0.3) is 21.9 Å². The third-order valence-electron chi connectivity index (χ3n) is 5.40. The Morgan fingerprint density at radius 2 is 1.92 bits per heavy atom. The van der Waals surface area contributed by atoms with Gasteiger partial charge in [0.1, 0.15) is 0 Å². The van der Waals surface area contributed by atoms with Crippen molar-refractivity contribution >= 4 is 10.8 Å². The number of hydrogen-bond acceptors (Lipinski definition) is 4. The van der Waals surface area contributed by atoms with E-state index in [9.17, 15) is 0 Å². The molecule has 26 heavy (non-hydrogen) atoms. The molecule has 1 atom stereocenters. The van der Waals surface area contributed by atoms with Gasteiger partial charge in [-0.15, -0.1) is 0 Å². The highest BCUT2D eigenvalue weighted by atomic mass is 16.5. The van der Waals surface area contributed by atoms with Gasteiger partial charge in [0.25, 0.3) is 0 Å². The van der Waals surface area contributed by atoms with Crippen LogP contribution in [0, 0.1) is 0 Å². The van der Waals surface area contributed by atoms with Crippen molar-refractivity contribution in [1.29, 1.82) is 0 Å². The Hall–Kier alpha value is -2.46.